The van der Waals surface area contributed by atoms with Crippen LogP contribution in [0.15, 0.2) is 70.1 Å². The van der Waals surface area contributed by atoms with Crippen LogP contribution in [0.1, 0.15) is 48.3 Å². The summed E-state index contributed by atoms with van der Waals surface area (Å²) in [5.74, 6) is 0.646. The van der Waals surface area contributed by atoms with Gasteiger partial charge in [0.15, 0.2) is 5.76 Å². The topological polar surface area (TPSA) is 102 Å². The molecule has 204 valence electrons. The number of hydrogen-bond acceptors (Lipinski definition) is 6. The fourth-order valence-electron chi connectivity index (χ4n) is 5.33. The van der Waals surface area contributed by atoms with Crippen molar-refractivity contribution >= 4 is 41.1 Å². The highest BCUT2D eigenvalue weighted by Gasteiger charge is 2.51. The van der Waals surface area contributed by atoms with E-state index in [9.17, 15) is 14.7 Å². The number of nitrogens with one attached hydrogen (secondary N) is 1. The molecule has 1 saturated carbocycles. The van der Waals surface area contributed by atoms with E-state index in [2.05, 4.69) is 16.5 Å². The van der Waals surface area contributed by atoms with Gasteiger partial charge in [0, 0.05) is 26.8 Å². The number of anilines is 1. The number of aromatic nitrogens is 1. The lowest BCUT2D eigenvalue weighted by atomic mass is 9.91. The predicted octanol–water partition coefficient (Wildman–Crippen LogP) is 8.04. The van der Waals surface area contributed by atoms with Gasteiger partial charge in [-0.15, -0.1) is 11.8 Å². The first-order chi connectivity index (χ1) is 19.3. The van der Waals surface area contributed by atoms with Crippen molar-refractivity contribution in [3.63, 3.8) is 0 Å². The third-order valence-electron chi connectivity index (χ3n) is 7.73. The van der Waals surface area contributed by atoms with Crippen LogP contribution in [0.25, 0.3) is 22.5 Å². The maximum atomic E-state index is 12.9. The monoisotopic (exact) mass is 574 g/mol. The van der Waals surface area contributed by atoms with Gasteiger partial charge in [0.25, 0.3) is 0 Å². The molecule has 2 aliphatic rings. The molecule has 1 atom stereocenters. The summed E-state index contributed by atoms with van der Waals surface area (Å²) in [6, 6.07) is 19.2. The number of hydrogen-bond donors (Lipinski definition) is 2. The Labute approximate surface area is 240 Å². The largest absolute Gasteiger partial charge is 0.481 e. The smallest absolute Gasteiger partial charge is 0.412 e. The van der Waals surface area contributed by atoms with Gasteiger partial charge < -0.3 is 14.4 Å². The number of nitrogens with zero attached hydrogens (tertiary/aromatic N) is 1. The number of amides is 1. The maximum absolute atomic E-state index is 12.9. The number of rotatable bonds is 7. The van der Waals surface area contributed by atoms with E-state index >= 15 is 0 Å². The number of carboxylic acids is 1. The quantitative estimate of drug-likeness (QED) is 0.230. The molecule has 1 amide bonds. The Morgan fingerprint density at radius 2 is 1.82 bits per heavy atom. The minimum atomic E-state index is -0.754. The highest BCUT2D eigenvalue weighted by Crippen LogP contribution is 2.50. The summed E-state index contributed by atoms with van der Waals surface area (Å²) in [4.78, 5) is 25.7. The zero-order chi connectivity index (χ0) is 28.0. The molecule has 7 nitrogen and oxygen atoms in total. The standard InChI is InChI=1S/C31H27ClN2O5S/c1-17-26(33-30(37)38-18(2)21-5-3-4-6-25(21)32)27(39-34-17)24-12-11-22(23-13-16-40-28(23)24)19-7-9-20(10-8-19)31(14-15-31)29(35)36/h3-12,18H,13-16H2,1-2H3,(H,33,37)(H,35,36). The first-order valence-corrected chi connectivity index (χ1v) is 14.5. The van der Waals surface area contributed by atoms with E-state index < -0.39 is 23.6 Å². The number of thioether (sulfide) groups is 1. The van der Waals surface area contributed by atoms with Crippen molar-refractivity contribution in [1.29, 1.82) is 0 Å². The van der Waals surface area contributed by atoms with Crippen LogP contribution in [-0.2, 0) is 21.4 Å². The number of carbonyl (C=O) groups excluding carboxylic acids is 1. The summed E-state index contributed by atoms with van der Waals surface area (Å²) in [6.45, 7) is 3.54. The van der Waals surface area contributed by atoms with Crippen molar-refractivity contribution in [2.24, 2.45) is 0 Å². The first-order valence-electron chi connectivity index (χ1n) is 13.1. The van der Waals surface area contributed by atoms with Gasteiger partial charge in [-0.1, -0.05) is 65.3 Å². The normalized spacial score (nSPS) is 15.8. The molecular formula is C31H27ClN2O5S. The van der Waals surface area contributed by atoms with Gasteiger partial charge in [-0.25, -0.2) is 4.79 Å². The van der Waals surface area contributed by atoms with Gasteiger partial charge >= 0.3 is 12.1 Å². The second-order valence-corrected chi connectivity index (χ2v) is 11.7. The van der Waals surface area contributed by atoms with Crippen LogP contribution in [-0.4, -0.2) is 28.1 Å². The molecule has 0 saturated heterocycles. The number of carbonyl (C=O) groups is 2. The van der Waals surface area contributed by atoms with Crippen molar-refractivity contribution in [1.82, 2.24) is 5.16 Å². The average molecular weight is 575 g/mol. The SMILES string of the molecule is Cc1noc(-c2ccc(-c3ccc(C4(C(=O)O)CC4)cc3)c3c2SCC3)c1NC(=O)OC(C)c1ccccc1Cl. The second kappa shape index (κ2) is 10.3. The summed E-state index contributed by atoms with van der Waals surface area (Å²) < 4.78 is 11.3. The van der Waals surface area contributed by atoms with Crippen LogP contribution in [0.3, 0.4) is 0 Å². The molecule has 0 spiro atoms. The molecule has 9 heteroatoms. The predicted molar refractivity (Wildman–Crippen MR) is 155 cm³/mol. The van der Waals surface area contributed by atoms with Gasteiger partial charge in [0.2, 0.25) is 0 Å². The van der Waals surface area contributed by atoms with Crippen LogP contribution in [0.4, 0.5) is 10.5 Å². The van der Waals surface area contributed by atoms with Crippen molar-refractivity contribution < 1.29 is 24.0 Å². The molecule has 0 radical (unpaired) electrons. The lowest BCUT2D eigenvalue weighted by Gasteiger charge is -2.16. The number of carboxylic acid groups (broad SMARTS) is 1. The molecule has 1 unspecified atom stereocenters. The number of aliphatic carboxylic acids is 1. The molecule has 40 heavy (non-hydrogen) atoms. The minimum absolute atomic E-state index is 0.464. The van der Waals surface area contributed by atoms with Gasteiger partial charge in [0.05, 0.1) is 5.41 Å². The van der Waals surface area contributed by atoms with Crippen LogP contribution in [0.5, 0.6) is 0 Å². The van der Waals surface area contributed by atoms with Crippen molar-refractivity contribution in [3.05, 3.63) is 88.1 Å². The zero-order valence-corrected chi connectivity index (χ0v) is 23.6. The summed E-state index contributed by atoms with van der Waals surface area (Å²) in [7, 11) is 0. The van der Waals surface area contributed by atoms with Gasteiger partial charge in [-0.2, -0.15) is 0 Å². The Morgan fingerprint density at radius 1 is 1.10 bits per heavy atom. The second-order valence-electron chi connectivity index (χ2n) is 10.2. The van der Waals surface area contributed by atoms with Gasteiger partial charge in [-0.3, -0.25) is 10.1 Å². The molecule has 1 aromatic heterocycles. The molecule has 3 aromatic carbocycles. The van der Waals surface area contributed by atoms with E-state index in [1.165, 1.54) is 5.56 Å². The average Bonchev–Trinajstić information content (AvgIpc) is 3.49. The maximum Gasteiger partial charge on any atom is 0.412 e. The lowest BCUT2D eigenvalue weighted by Crippen LogP contribution is -2.19. The Bertz CT molecular complexity index is 1630. The Balaban J connectivity index is 1.27. The Hall–Kier alpha value is -3.75. The molecule has 1 fully saturated rings. The third kappa shape index (κ3) is 4.65. The zero-order valence-electron chi connectivity index (χ0n) is 22.0. The summed E-state index contributed by atoms with van der Waals surface area (Å²) in [5.41, 5.74) is 6.06. The van der Waals surface area contributed by atoms with E-state index in [0.29, 0.717) is 35.0 Å². The van der Waals surface area contributed by atoms with E-state index in [1.807, 2.05) is 48.5 Å². The van der Waals surface area contributed by atoms with Crippen LogP contribution in [0.2, 0.25) is 5.02 Å². The van der Waals surface area contributed by atoms with Gasteiger partial charge in [0.1, 0.15) is 17.5 Å². The Kier molecular flexibility index (Phi) is 6.84. The first kappa shape index (κ1) is 26.5. The van der Waals surface area contributed by atoms with Crippen molar-refractivity contribution in [2.45, 2.75) is 49.5 Å². The van der Waals surface area contributed by atoms with Crippen LogP contribution >= 0.6 is 23.4 Å². The molecule has 4 aromatic rings. The van der Waals surface area contributed by atoms with E-state index in [1.54, 1.807) is 31.7 Å². The number of halogens is 1. The minimum Gasteiger partial charge on any atom is -0.481 e. The summed E-state index contributed by atoms with van der Waals surface area (Å²) in [6.07, 6.45) is 1.07. The van der Waals surface area contributed by atoms with E-state index in [4.69, 9.17) is 20.9 Å². The molecule has 1 aliphatic carbocycles. The molecule has 2 heterocycles. The number of aryl methyl sites for hydroxylation is 1. The number of fused-ring (bicyclic) bond motifs is 1. The summed E-state index contributed by atoms with van der Waals surface area (Å²) >= 11 is 8.01. The summed E-state index contributed by atoms with van der Waals surface area (Å²) in [5, 5.41) is 17.1. The Morgan fingerprint density at radius 3 is 2.52 bits per heavy atom. The fraction of sp³-hybridized carbons (Fsp3) is 0.258. The third-order valence-corrected chi connectivity index (χ3v) is 9.24. The highest BCUT2D eigenvalue weighted by atomic mass is 35.5. The van der Waals surface area contributed by atoms with Crippen molar-refractivity contribution in [2.75, 3.05) is 11.1 Å². The van der Waals surface area contributed by atoms with E-state index in [0.717, 1.165) is 44.9 Å². The number of benzene rings is 3. The highest BCUT2D eigenvalue weighted by molar-refractivity contribution is 7.99. The molecule has 2 N–H and O–H groups in total. The fourth-order valence-corrected chi connectivity index (χ4v) is 6.83. The molecule has 0 bridgehead atoms. The van der Waals surface area contributed by atoms with Crippen LogP contribution in [0, 0.1) is 6.92 Å². The van der Waals surface area contributed by atoms with Crippen LogP contribution < -0.4 is 5.32 Å². The molecule has 6 rings (SSSR count). The molecule has 1 aliphatic heterocycles. The number of ether oxygens (including phenoxy) is 1. The van der Waals surface area contributed by atoms with E-state index in [-0.39, 0.29) is 0 Å². The van der Waals surface area contributed by atoms with Gasteiger partial charge in [-0.05, 0) is 67.5 Å². The lowest BCUT2D eigenvalue weighted by molar-refractivity contribution is -0.140. The molecular weight excluding hydrogens is 548 g/mol. The van der Waals surface area contributed by atoms with Crippen molar-refractivity contribution in [3.8, 4) is 22.5 Å².